The van der Waals surface area contributed by atoms with Gasteiger partial charge in [0.2, 0.25) is 11.8 Å². The molecular formula is C27H36N2O6. The van der Waals surface area contributed by atoms with E-state index in [1.807, 2.05) is 42.5 Å². The van der Waals surface area contributed by atoms with Crippen LogP contribution in [0.25, 0.3) is 10.8 Å². The van der Waals surface area contributed by atoms with E-state index in [1.54, 1.807) is 20.8 Å². The summed E-state index contributed by atoms with van der Waals surface area (Å²) in [5, 5.41) is 7.33. The van der Waals surface area contributed by atoms with E-state index in [9.17, 15) is 19.2 Å². The molecule has 8 nitrogen and oxygen atoms in total. The van der Waals surface area contributed by atoms with Crippen LogP contribution in [0.1, 0.15) is 45.6 Å². The summed E-state index contributed by atoms with van der Waals surface area (Å²) >= 11 is 0. The Kier molecular flexibility index (Phi) is 10.4. The lowest BCUT2D eigenvalue weighted by Crippen LogP contribution is -2.47. The van der Waals surface area contributed by atoms with Crippen LogP contribution in [0.3, 0.4) is 0 Å². The molecule has 2 atom stereocenters. The molecular weight excluding hydrogens is 448 g/mol. The van der Waals surface area contributed by atoms with E-state index in [1.165, 1.54) is 14.2 Å². The molecule has 2 aromatic rings. The number of benzene rings is 2. The van der Waals surface area contributed by atoms with E-state index in [4.69, 9.17) is 9.47 Å². The Morgan fingerprint density at radius 2 is 1.66 bits per heavy atom. The first kappa shape index (κ1) is 28.0. The lowest BCUT2D eigenvalue weighted by molar-refractivity contribution is -0.157. The van der Waals surface area contributed by atoms with Crippen molar-refractivity contribution in [3.63, 3.8) is 0 Å². The third kappa shape index (κ3) is 9.13. The molecule has 0 aliphatic rings. The molecule has 0 aromatic heterocycles. The summed E-state index contributed by atoms with van der Waals surface area (Å²) in [6.45, 7) is 5.16. The number of rotatable bonds is 12. The van der Waals surface area contributed by atoms with Gasteiger partial charge < -0.3 is 20.1 Å². The Morgan fingerprint density at radius 1 is 0.971 bits per heavy atom. The van der Waals surface area contributed by atoms with Crippen LogP contribution in [-0.2, 0) is 35.1 Å². The topological polar surface area (TPSA) is 111 Å². The van der Waals surface area contributed by atoms with Gasteiger partial charge in [-0.3, -0.25) is 19.2 Å². The first-order chi connectivity index (χ1) is 16.5. The molecule has 0 unspecified atom stereocenters. The molecule has 2 N–H and O–H groups in total. The highest BCUT2D eigenvalue weighted by atomic mass is 16.6. The van der Waals surface area contributed by atoms with E-state index in [2.05, 4.69) is 10.6 Å². The highest BCUT2D eigenvalue weighted by Crippen LogP contribution is 2.20. The number of methoxy groups -OCH3 is 1. The van der Waals surface area contributed by atoms with Crippen molar-refractivity contribution in [3.05, 3.63) is 48.0 Å². The molecule has 0 saturated carbocycles. The second-order valence-electron chi connectivity index (χ2n) is 9.49. The van der Waals surface area contributed by atoms with Gasteiger partial charge in [-0.1, -0.05) is 42.5 Å². The van der Waals surface area contributed by atoms with Crippen molar-refractivity contribution in [2.24, 2.45) is 5.92 Å². The van der Waals surface area contributed by atoms with Gasteiger partial charge in [-0.25, -0.2) is 0 Å². The molecule has 35 heavy (non-hydrogen) atoms. The smallest absolute Gasteiger partial charge is 0.307 e. The van der Waals surface area contributed by atoms with E-state index in [-0.39, 0.29) is 37.6 Å². The molecule has 0 aliphatic heterocycles. The number of carbonyl (C=O) groups excluding carboxylic acids is 4. The van der Waals surface area contributed by atoms with E-state index >= 15 is 0 Å². The van der Waals surface area contributed by atoms with Gasteiger partial charge >= 0.3 is 5.97 Å². The minimum Gasteiger partial charge on any atom is -0.460 e. The summed E-state index contributed by atoms with van der Waals surface area (Å²) in [5.41, 5.74) is 0.322. The third-order valence-electron chi connectivity index (χ3n) is 5.47. The minimum atomic E-state index is -0.977. The van der Waals surface area contributed by atoms with Gasteiger partial charge in [0, 0.05) is 27.0 Å². The molecule has 0 saturated heterocycles. The highest BCUT2D eigenvalue weighted by molar-refractivity contribution is 5.93. The molecule has 0 heterocycles. The molecule has 0 aliphatic carbocycles. The molecule has 2 amide bonds. The van der Waals surface area contributed by atoms with Gasteiger partial charge in [0.25, 0.3) is 0 Å². The lowest BCUT2D eigenvalue weighted by atomic mass is 9.96. The Hall–Kier alpha value is -3.26. The van der Waals surface area contributed by atoms with Crippen LogP contribution in [0, 0.1) is 5.92 Å². The minimum absolute atomic E-state index is 0.0146. The molecule has 2 rings (SSSR count). The standard InChI is InChI=1S/C27H36N2O6/c1-27(2,3)35-25(32)16-20(15-24(31)28-4)26(33)29-22(17-34-5)23(30)14-13-19-11-8-10-18-9-6-7-12-21(18)19/h6-12,20,22H,13-17H2,1-5H3,(H,28,31)(H,29,33)/t20-,22+/m1/s1. The number of Topliss-reactive ketones (excluding diaryl/α,β-unsaturated/α-hetero) is 1. The number of fused-ring (bicyclic) bond motifs is 1. The highest BCUT2D eigenvalue weighted by Gasteiger charge is 2.30. The van der Waals surface area contributed by atoms with E-state index < -0.39 is 29.4 Å². The zero-order chi connectivity index (χ0) is 26.0. The van der Waals surface area contributed by atoms with Crippen LogP contribution < -0.4 is 10.6 Å². The fourth-order valence-electron chi connectivity index (χ4n) is 3.78. The average molecular weight is 485 g/mol. The maximum atomic E-state index is 13.0. The fraction of sp³-hybridized carbons (Fsp3) is 0.481. The summed E-state index contributed by atoms with van der Waals surface area (Å²) in [4.78, 5) is 50.4. The summed E-state index contributed by atoms with van der Waals surface area (Å²) in [6.07, 6.45) is 0.232. The first-order valence-corrected chi connectivity index (χ1v) is 11.7. The average Bonchev–Trinajstić information content (AvgIpc) is 2.80. The van der Waals surface area contributed by atoms with Crippen LogP contribution in [-0.4, -0.2) is 56.0 Å². The lowest BCUT2D eigenvalue weighted by Gasteiger charge is -2.23. The van der Waals surface area contributed by atoms with Crippen molar-refractivity contribution in [1.82, 2.24) is 10.6 Å². The van der Waals surface area contributed by atoms with Crippen molar-refractivity contribution >= 4 is 34.3 Å². The van der Waals surface area contributed by atoms with Crippen LogP contribution in [0.15, 0.2) is 42.5 Å². The SMILES string of the molecule is CNC(=O)C[C@H](CC(=O)OC(C)(C)C)C(=O)N[C@@H](COC)C(=O)CCc1cccc2ccccc12. The molecule has 0 radical (unpaired) electrons. The maximum absolute atomic E-state index is 13.0. The molecule has 0 bridgehead atoms. The fourth-order valence-corrected chi connectivity index (χ4v) is 3.78. The Bertz CT molecular complexity index is 1040. The molecule has 8 heteroatoms. The van der Waals surface area contributed by atoms with E-state index in [0.717, 1.165) is 16.3 Å². The summed E-state index contributed by atoms with van der Waals surface area (Å²) in [5.74, 6) is -2.72. The van der Waals surface area contributed by atoms with Crippen molar-refractivity contribution in [2.45, 2.75) is 58.1 Å². The number of ether oxygens (including phenoxy) is 2. The number of esters is 1. The number of hydrogen-bond acceptors (Lipinski definition) is 6. The van der Waals surface area contributed by atoms with Crippen molar-refractivity contribution in [3.8, 4) is 0 Å². The van der Waals surface area contributed by atoms with Gasteiger partial charge in [-0.05, 0) is 43.5 Å². The first-order valence-electron chi connectivity index (χ1n) is 11.7. The molecule has 0 spiro atoms. The monoisotopic (exact) mass is 484 g/mol. The normalized spacial score (nSPS) is 13.1. The largest absolute Gasteiger partial charge is 0.460 e. The predicted octanol–water partition coefficient (Wildman–Crippen LogP) is 2.96. The number of amides is 2. The van der Waals surface area contributed by atoms with Crippen LogP contribution >= 0.6 is 0 Å². The third-order valence-corrected chi connectivity index (χ3v) is 5.47. The Morgan fingerprint density at radius 3 is 2.31 bits per heavy atom. The van der Waals surface area contributed by atoms with Crippen molar-refractivity contribution < 1.29 is 28.7 Å². The van der Waals surface area contributed by atoms with Gasteiger partial charge in [0.15, 0.2) is 5.78 Å². The summed E-state index contributed by atoms with van der Waals surface area (Å²) in [7, 11) is 2.90. The number of aryl methyl sites for hydroxylation is 1. The number of ketones is 1. The Labute approximate surface area is 206 Å². The Balaban J connectivity index is 2.09. The van der Waals surface area contributed by atoms with Gasteiger partial charge in [-0.2, -0.15) is 0 Å². The van der Waals surface area contributed by atoms with Crippen LogP contribution in [0.5, 0.6) is 0 Å². The molecule has 0 fully saturated rings. The van der Waals surface area contributed by atoms with Crippen LogP contribution in [0.2, 0.25) is 0 Å². The zero-order valence-corrected chi connectivity index (χ0v) is 21.2. The number of carbonyl (C=O) groups is 4. The summed E-state index contributed by atoms with van der Waals surface area (Å²) < 4.78 is 10.5. The zero-order valence-electron chi connectivity index (χ0n) is 21.2. The summed E-state index contributed by atoms with van der Waals surface area (Å²) in [6, 6.07) is 13.0. The molecule has 2 aromatic carbocycles. The number of nitrogens with one attached hydrogen (secondary N) is 2. The second kappa shape index (κ2) is 13.0. The second-order valence-corrected chi connectivity index (χ2v) is 9.49. The van der Waals surface area contributed by atoms with Gasteiger partial charge in [0.05, 0.1) is 18.9 Å². The van der Waals surface area contributed by atoms with Crippen LogP contribution in [0.4, 0.5) is 0 Å². The quantitative estimate of drug-likeness (QED) is 0.448. The van der Waals surface area contributed by atoms with E-state index in [0.29, 0.717) is 6.42 Å². The van der Waals surface area contributed by atoms with Gasteiger partial charge in [0.1, 0.15) is 11.6 Å². The van der Waals surface area contributed by atoms with Crippen molar-refractivity contribution in [2.75, 3.05) is 20.8 Å². The maximum Gasteiger partial charge on any atom is 0.307 e. The predicted molar refractivity (Wildman–Crippen MR) is 134 cm³/mol. The van der Waals surface area contributed by atoms with Crippen molar-refractivity contribution in [1.29, 1.82) is 0 Å². The number of hydrogen-bond donors (Lipinski definition) is 2. The molecule has 190 valence electrons. The van der Waals surface area contributed by atoms with Gasteiger partial charge in [-0.15, -0.1) is 0 Å².